The summed E-state index contributed by atoms with van der Waals surface area (Å²) < 4.78 is 5.43. The fraction of sp³-hybridized carbons (Fsp3) is 0.545. The highest BCUT2D eigenvalue weighted by Gasteiger charge is 2.22. The topological polar surface area (TPSA) is 77.3 Å². The van der Waals surface area contributed by atoms with Gasteiger partial charge in [0, 0.05) is 24.9 Å². The van der Waals surface area contributed by atoms with E-state index in [-0.39, 0.29) is 17.8 Å². The van der Waals surface area contributed by atoms with Crippen molar-refractivity contribution in [3.05, 3.63) is 28.4 Å². The smallest absolute Gasteiger partial charge is 0.311 e. The zero-order valence-corrected chi connectivity index (χ0v) is 9.63. The van der Waals surface area contributed by atoms with Gasteiger partial charge in [-0.05, 0) is 25.8 Å². The molecule has 2 rings (SSSR count). The summed E-state index contributed by atoms with van der Waals surface area (Å²) in [5.74, 6) is 0.344. The molecule has 0 aromatic carbocycles. The fourth-order valence-electron chi connectivity index (χ4n) is 1.98. The molecule has 1 fully saturated rings. The molecule has 1 aromatic rings. The Morgan fingerprint density at radius 1 is 1.65 bits per heavy atom. The average Bonchev–Trinajstić information content (AvgIpc) is 2.29. The molecule has 0 amide bonds. The summed E-state index contributed by atoms with van der Waals surface area (Å²) in [7, 11) is 0. The van der Waals surface area contributed by atoms with Gasteiger partial charge in [-0.25, -0.2) is 4.98 Å². The van der Waals surface area contributed by atoms with E-state index >= 15 is 0 Å². The van der Waals surface area contributed by atoms with Gasteiger partial charge in [0.1, 0.15) is 0 Å². The maximum atomic E-state index is 10.8. The molecule has 2 heterocycles. The third-order valence-electron chi connectivity index (χ3n) is 2.81. The van der Waals surface area contributed by atoms with Gasteiger partial charge in [-0.3, -0.25) is 10.1 Å². The third kappa shape index (κ3) is 2.91. The van der Waals surface area contributed by atoms with E-state index in [1.54, 1.807) is 12.3 Å². The Kier molecular flexibility index (Phi) is 3.53. The standard InChI is InChI=1S/C11H15N3O3/c1-8-7-9(4-6-17-8)13-11-10(14(15)16)3-2-5-12-11/h2-3,5,8-9H,4,6-7H2,1H3,(H,12,13). The monoisotopic (exact) mass is 237 g/mol. The minimum Gasteiger partial charge on any atom is -0.378 e. The summed E-state index contributed by atoms with van der Waals surface area (Å²) in [5, 5.41) is 14.0. The van der Waals surface area contributed by atoms with Gasteiger partial charge in [-0.15, -0.1) is 0 Å². The third-order valence-corrected chi connectivity index (χ3v) is 2.81. The number of ether oxygens (including phenoxy) is 1. The van der Waals surface area contributed by atoms with Crippen LogP contribution in [0, 0.1) is 10.1 Å². The van der Waals surface area contributed by atoms with Crippen molar-refractivity contribution in [1.29, 1.82) is 0 Å². The lowest BCUT2D eigenvalue weighted by atomic mass is 10.0. The maximum Gasteiger partial charge on any atom is 0.311 e. The van der Waals surface area contributed by atoms with Crippen molar-refractivity contribution in [3.8, 4) is 0 Å². The second-order valence-corrected chi connectivity index (χ2v) is 4.18. The van der Waals surface area contributed by atoms with Crippen molar-refractivity contribution >= 4 is 11.5 Å². The van der Waals surface area contributed by atoms with E-state index in [4.69, 9.17) is 4.74 Å². The van der Waals surface area contributed by atoms with Crippen molar-refractivity contribution < 1.29 is 9.66 Å². The Morgan fingerprint density at radius 2 is 2.47 bits per heavy atom. The van der Waals surface area contributed by atoms with Crippen LogP contribution in [0.4, 0.5) is 11.5 Å². The van der Waals surface area contributed by atoms with E-state index in [0.717, 1.165) is 12.8 Å². The van der Waals surface area contributed by atoms with E-state index in [1.807, 2.05) is 6.92 Å². The first-order chi connectivity index (χ1) is 8.16. The number of hydrogen-bond donors (Lipinski definition) is 1. The largest absolute Gasteiger partial charge is 0.378 e. The van der Waals surface area contributed by atoms with Crippen LogP contribution < -0.4 is 5.32 Å². The second-order valence-electron chi connectivity index (χ2n) is 4.18. The zero-order chi connectivity index (χ0) is 12.3. The van der Waals surface area contributed by atoms with Crippen LogP contribution in [0.25, 0.3) is 0 Å². The molecule has 0 radical (unpaired) electrons. The van der Waals surface area contributed by atoms with Crippen molar-refractivity contribution in [2.75, 3.05) is 11.9 Å². The maximum absolute atomic E-state index is 10.8. The minimum atomic E-state index is -0.419. The Balaban J connectivity index is 2.10. The molecule has 1 saturated heterocycles. The van der Waals surface area contributed by atoms with Crippen molar-refractivity contribution in [1.82, 2.24) is 4.98 Å². The van der Waals surface area contributed by atoms with Crippen molar-refractivity contribution in [2.45, 2.75) is 31.9 Å². The molecular weight excluding hydrogens is 222 g/mol. The minimum absolute atomic E-state index is 0.0200. The van der Waals surface area contributed by atoms with E-state index in [1.165, 1.54) is 6.07 Å². The lowest BCUT2D eigenvalue weighted by Crippen LogP contribution is -2.32. The molecule has 2 atom stereocenters. The predicted molar refractivity (Wildman–Crippen MR) is 63.0 cm³/mol. The molecular formula is C11H15N3O3. The molecule has 0 bridgehead atoms. The van der Waals surface area contributed by atoms with Crippen LogP contribution in [0.1, 0.15) is 19.8 Å². The highest BCUT2D eigenvalue weighted by Crippen LogP contribution is 2.24. The van der Waals surface area contributed by atoms with Crippen LogP contribution in [0.15, 0.2) is 18.3 Å². The van der Waals surface area contributed by atoms with E-state index < -0.39 is 4.92 Å². The molecule has 1 N–H and O–H groups in total. The fourth-order valence-corrected chi connectivity index (χ4v) is 1.98. The molecule has 0 aliphatic carbocycles. The molecule has 0 spiro atoms. The van der Waals surface area contributed by atoms with Crippen LogP contribution in [0.2, 0.25) is 0 Å². The van der Waals surface area contributed by atoms with Crippen LogP contribution >= 0.6 is 0 Å². The van der Waals surface area contributed by atoms with Gasteiger partial charge < -0.3 is 10.1 Å². The Labute approximate surface area is 99.2 Å². The van der Waals surface area contributed by atoms with Gasteiger partial charge in [0.25, 0.3) is 0 Å². The summed E-state index contributed by atoms with van der Waals surface area (Å²) in [6.07, 6.45) is 3.42. The Bertz CT molecular complexity index is 411. The molecule has 17 heavy (non-hydrogen) atoms. The van der Waals surface area contributed by atoms with Crippen LogP contribution in [-0.2, 0) is 4.74 Å². The van der Waals surface area contributed by atoms with E-state index in [2.05, 4.69) is 10.3 Å². The molecule has 2 unspecified atom stereocenters. The van der Waals surface area contributed by atoms with Crippen LogP contribution in [-0.4, -0.2) is 28.7 Å². The zero-order valence-electron chi connectivity index (χ0n) is 9.63. The predicted octanol–water partition coefficient (Wildman–Crippen LogP) is 1.97. The summed E-state index contributed by atoms with van der Waals surface area (Å²) in [4.78, 5) is 14.4. The highest BCUT2D eigenvalue weighted by molar-refractivity contribution is 5.55. The lowest BCUT2D eigenvalue weighted by molar-refractivity contribution is -0.384. The molecule has 1 aliphatic heterocycles. The number of nitrogens with one attached hydrogen (secondary N) is 1. The SMILES string of the molecule is CC1CC(Nc2ncccc2[N+](=O)[O-])CCO1. The quantitative estimate of drug-likeness (QED) is 0.642. The van der Waals surface area contributed by atoms with Crippen molar-refractivity contribution in [2.24, 2.45) is 0 Å². The number of anilines is 1. The normalized spacial score (nSPS) is 24.3. The first-order valence-corrected chi connectivity index (χ1v) is 5.64. The number of rotatable bonds is 3. The first-order valence-electron chi connectivity index (χ1n) is 5.64. The number of aromatic nitrogens is 1. The van der Waals surface area contributed by atoms with Gasteiger partial charge in [0.05, 0.1) is 11.0 Å². The summed E-state index contributed by atoms with van der Waals surface area (Å²) in [5.41, 5.74) is 0.0200. The number of pyridine rings is 1. The number of nitro groups is 1. The van der Waals surface area contributed by atoms with Gasteiger partial charge in [0.2, 0.25) is 5.82 Å². The van der Waals surface area contributed by atoms with Crippen LogP contribution in [0.3, 0.4) is 0 Å². The first kappa shape index (κ1) is 11.8. The molecule has 6 heteroatoms. The van der Waals surface area contributed by atoms with Gasteiger partial charge in [-0.1, -0.05) is 0 Å². The summed E-state index contributed by atoms with van der Waals surface area (Å²) >= 11 is 0. The molecule has 92 valence electrons. The van der Waals surface area contributed by atoms with Crippen molar-refractivity contribution in [3.63, 3.8) is 0 Å². The van der Waals surface area contributed by atoms with Gasteiger partial charge in [0.15, 0.2) is 0 Å². The molecule has 1 aromatic heterocycles. The number of nitrogens with zero attached hydrogens (tertiary/aromatic N) is 2. The Morgan fingerprint density at radius 3 is 3.18 bits per heavy atom. The van der Waals surface area contributed by atoms with Gasteiger partial charge in [-0.2, -0.15) is 0 Å². The van der Waals surface area contributed by atoms with E-state index in [0.29, 0.717) is 12.4 Å². The Hall–Kier alpha value is -1.69. The highest BCUT2D eigenvalue weighted by atomic mass is 16.6. The number of hydrogen-bond acceptors (Lipinski definition) is 5. The van der Waals surface area contributed by atoms with Gasteiger partial charge >= 0.3 is 5.69 Å². The summed E-state index contributed by atoms with van der Waals surface area (Å²) in [6, 6.07) is 3.21. The van der Waals surface area contributed by atoms with E-state index in [9.17, 15) is 10.1 Å². The molecule has 1 aliphatic rings. The molecule has 0 saturated carbocycles. The van der Waals surface area contributed by atoms with Crippen LogP contribution in [0.5, 0.6) is 0 Å². The molecule has 6 nitrogen and oxygen atoms in total. The lowest BCUT2D eigenvalue weighted by Gasteiger charge is -2.28. The summed E-state index contributed by atoms with van der Waals surface area (Å²) in [6.45, 7) is 2.68. The second kappa shape index (κ2) is 5.09. The average molecular weight is 237 g/mol.